The van der Waals surface area contributed by atoms with Gasteiger partial charge in [-0.15, -0.1) is 0 Å². The molecule has 5 heteroatoms. The van der Waals surface area contributed by atoms with E-state index in [0.717, 1.165) is 49.1 Å². The third-order valence-corrected chi connectivity index (χ3v) is 7.13. The molecule has 1 aliphatic heterocycles. The Labute approximate surface area is 201 Å². The summed E-state index contributed by atoms with van der Waals surface area (Å²) in [5, 5.41) is 3.29. The smallest absolute Gasteiger partial charge is 0.318 e. The molecule has 0 bridgehead atoms. The maximum Gasteiger partial charge on any atom is 0.318 e. The minimum atomic E-state index is -0.156. The SMILES string of the molecule is Cc1cc2ncn(CC3CCN(C(=O)NC(c4ccccc4)c4ccccc4)CC3)c2cc1C. The van der Waals surface area contributed by atoms with Crippen molar-refractivity contribution in [3.8, 4) is 0 Å². The van der Waals surface area contributed by atoms with Crippen LogP contribution in [0.5, 0.6) is 0 Å². The van der Waals surface area contributed by atoms with Crippen LogP contribution < -0.4 is 5.32 Å². The van der Waals surface area contributed by atoms with E-state index in [9.17, 15) is 4.79 Å². The fraction of sp³-hybridized carbons (Fsp3) is 0.310. The second kappa shape index (κ2) is 9.72. The molecule has 1 aliphatic rings. The number of imidazole rings is 1. The lowest BCUT2D eigenvalue weighted by atomic mass is 9.96. The van der Waals surface area contributed by atoms with E-state index in [2.05, 4.69) is 65.1 Å². The third kappa shape index (κ3) is 4.69. The second-order valence-corrected chi connectivity index (χ2v) is 9.46. The van der Waals surface area contributed by atoms with Crippen LogP contribution in [0.4, 0.5) is 4.79 Å². The third-order valence-electron chi connectivity index (χ3n) is 7.13. The molecular formula is C29H32N4O. The zero-order chi connectivity index (χ0) is 23.5. The number of aromatic nitrogens is 2. The average molecular weight is 453 g/mol. The summed E-state index contributed by atoms with van der Waals surface area (Å²) in [6.45, 7) is 6.79. The number of nitrogens with one attached hydrogen (secondary N) is 1. The maximum absolute atomic E-state index is 13.2. The maximum atomic E-state index is 13.2. The summed E-state index contributed by atoms with van der Waals surface area (Å²) >= 11 is 0. The number of aryl methyl sites for hydroxylation is 2. The summed E-state index contributed by atoms with van der Waals surface area (Å²) in [7, 11) is 0. The lowest BCUT2D eigenvalue weighted by Gasteiger charge is -2.33. The van der Waals surface area contributed by atoms with Crippen molar-refractivity contribution in [2.45, 2.75) is 39.3 Å². The van der Waals surface area contributed by atoms with Gasteiger partial charge in [-0.25, -0.2) is 9.78 Å². The Balaban J connectivity index is 1.23. The first-order valence-electron chi connectivity index (χ1n) is 12.2. The van der Waals surface area contributed by atoms with Gasteiger partial charge in [-0.3, -0.25) is 0 Å². The molecule has 0 radical (unpaired) electrons. The number of carbonyl (C=O) groups is 1. The van der Waals surface area contributed by atoms with Gasteiger partial charge in [0.2, 0.25) is 0 Å². The number of benzene rings is 3. The molecule has 0 atom stereocenters. The molecular weight excluding hydrogens is 420 g/mol. The normalized spacial score (nSPS) is 14.6. The molecule has 0 spiro atoms. The van der Waals surface area contributed by atoms with E-state index >= 15 is 0 Å². The van der Waals surface area contributed by atoms with Crippen molar-refractivity contribution < 1.29 is 4.79 Å². The predicted molar refractivity (Wildman–Crippen MR) is 137 cm³/mol. The van der Waals surface area contributed by atoms with Crippen LogP contribution in [0.15, 0.2) is 79.1 Å². The number of carbonyl (C=O) groups excluding carboxylic acids is 1. The van der Waals surface area contributed by atoms with Crippen LogP contribution >= 0.6 is 0 Å². The Morgan fingerprint density at radius 1 is 0.941 bits per heavy atom. The summed E-state index contributed by atoms with van der Waals surface area (Å²) in [6.07, 6.45) is 3.96. The Morgan fingerprint density at radius 2 is 1.53 bits per heavy atom. The predicted octanol–water partition coefficient (Wildman–Crippen LogP) is 5.86. The van der Waals surface area contributed by atoms with E-state index in [1.807, 2.05) is 47.6 Å². The van der Waals surface area contributed by atoms with Crippen LogP contribution in [0.25, 0.3) is 11.0 Å². The van der Waals surface area contributed by atoms with Crippen molar-refractivity contribution in [1.29, 1.82) is 0 Å². The highest BCUT2D eigenvalue weighted by Crippen LogP contribution is 2.25. The van der Waals surface area contributed by atoms with Crippen molar-refractivity contribution in [2.75, 3.05) is 13.1 Å². The van der Waals surface area contributed by atoms with Crippen molar-refractivity contribution in [3.63, 3.8) is 0 Å². The first-order chi connectivity index (χ1) is 16.6. The molecule has 5 rings (SSSR count). The van der Waals surface area contributed by atoms with Crippen molar-refractivity contribution in [3.05, 3.63) is 101 Å². The number of amides is 2. The van der Waals surface area contributed by atoms with E-state index in [1.54, 1.807) is 0 Å². The molecule has 174 valence electrons. The molecule has 1 saturated heterocycles. The van der Waals surface area contributed by atoms with Gasteiger partial charge in [-0.05, 0) is 67.0 Å². The van der Waals surface area contributed by atoms with Gasteiger partial charge < -0.3 is 14.8 Å². The summed E-state index contributed by atoms with van der Waals surface area (Å²) in [6, 6.07) is 24.6. The highest BCUT2D eigenvalue weighted by Gasteiger charge is 2.26. The zero-order valence-electron chi connectivity index (χ0n) is 19.9. The van der Waals surface area contributed by atoms with Gasteiger partial charge in [0.05, 0.1) is 23.4 Å². The largest absolute Gasteiger partial charge is 0.330 e. The Bertz CT molecular complexity index is 1220. The van der Waals surface area contributed by atoms with E-state index in [1.165, 1.54) is 16.6 Å². The van der Waals surface area contributed by atoms with E-state index in [4.69, 9.17) is 0 Å². The van der Waals surface area contributed by atoms with E-state index < -0.39 is 0 Å². The Hall–Kier alpha value is -3.60. The molecule has 0 saturated carbocycles. The fourth-order valence-electron chi connectivity index (χ4n) is 4.92. The molecule has 0 aliphatic carbocycles. The second-order valence-electron chi connectivity index (χ2n) is 9.46. The summed E-state index contributed by atoms with van der Waals surface area (Å²) in [5.74, 6) is 0.544. The van der Waals surface area contributed by atoms with Crippen LogP contribution in [0.1, 0.15) is 41.1 Å². The quantitative estimate of drug-likeness (QED) is 0.412. The summed E-state index contributed by atoms with van der Waals surface area (Å²) in [4.78, 5) is 19.8. The fourth-order valence-corrected chi connectivity index (χ4v) is 4.92. The lowest BCUT2D eigenvalue weighted by molar-refractivity contribution is 0.164. The molecule has 2 amide bonds. The highest BCUT2D eigenvalue weighted by molar-refractivity contribution is 5.77. The molecule has 34 heavy (non-hydrogen) atoms. The van der Waals surface area contributed by atoms with Crippen LogP contribution in [0, 0.1) is 19.8 Å². The summed E-state index contributed by atoms with van der Waals surface area (Å²) in [5.41, 5.74) is 7.03. The molecule has 2 heterocycles. The molecule has 1 N–H and O–H groups in total. The first kappa shape index (κ1) is 22.2. The van der Waals surface area contributed by atoms with Crippen LogP contribution in [0.3, 0.4) is 0 Å². The monoisotopic (exact) mass is 452 g/mol. The van der Waals surface area contributed by atoms with Gasteiger partial charge in [0.25, 0.3) is 0 Å². The number of hydrogen-bond donors (Lipinski definition) is 1. The molecule has 5 nitrogen and oxygen atoms in total. The van der Waals surface area contributed by atoms with Crippen LogP contribution in [-0.4, -0.2) is 33.6 Å². The zero-order valence-corrected chi connectivity index (χ0v) is 19.9. The van der Waals surface area contributed by atoms with Gasteiger partial charge in [0, 0.05) is 19.6 Å². The number of fused-ring (bicyclic) bond motifs is 1. The van der Waals surface area contributed by atoms with Gasteiger partial charge in [-0.1, -0.05) is 60.7 Å². The number of piperidine rings is 1. The average Bonchev–Trinajstić information content (AvgIpc) is 3.25. The lowest BCUT2D eigenvalue weighted by Crippen LogP contribution is -2.46. The number of nitrogens with zero attached hydrogens (tertiary/aromatic N) is 3. The Kier molecular flexibility index (Phi) is 6.35. The molecule has 0 unspecified atom stereocenters. The number of likely N-dealkylation sites (tertiary alicyclic amines) is 1. The summed E-state index contributed by atoms with van der Waals surface area (Å²) < 4.78 is 2.28. The topological polar surface area (TPSA) is 50.2 Å². The van der Waals surface area contributed by atoms with Crippen LogP contribution in [0.2, 0.25) is 0 Å². The van der Waals surface area contributed by atoms with Crippen LogP contribution in [-0.2, 0) is 6.54 Å². The standard InChI is InChI=1S/C29H32N4O/c1-21-17-26-27(18-22(21)2)33(20-30-26)19-23-13-15-32(16-14-23)29(34)31-28(24-9-5-3-6-10-24)25-11-7-4-8-12-25/h3-12,17-18,20,23,28H,13-16,19H2,1-2H3,(H,31,34). The Morgan fingerprint density at radius 3 is 2.15 bits per heavy atom. The van der Waals surface area contributed by atoms with Gasteiger partial charge in [0.1, 0.15) is 0 Å². The van der Waals surface area contributed by atoms with Crippen molar-refractivity contribution in [2.24, 2.45) is 5.92 Å². The molecule has 4 aromatic rings. The van der Waals surface area contributed by atoms with Gasteiger partial charge in [-0.2, -0.15) is 0 Å². The van der Waals surface area contributed by atoms with Gasteiger partial charge >= 0.3 is 6.03 Å². The first-order valence-corrected chi connectivity index (χ1v) is 12.2. The van der Waals surface area contributed by atoms with E-state index in [-0.39, 0.29) is 12.1 Å². The number of rotatable bonds is 5. The minimum Gasteiger partial charge on any atom is -0.330 e. The van der Waals surface area contributed by atoms with Crippen molar-refractivity contribution in [1.82, 2.24) is 19.8 Å². The molecule has 3 aromatic carbocycles. The molecule has 1 fully saturated rings. The molecule has 1 aromatic heterocycles. The van der Waals surface area contributed by atoms with E-state index in [0.29, 0.717) is 5.92 Å². The minimum absolute atomic E-state index is 0.00957. The number of urea groups is 1. The van der Waals surface area contributed by atoms with Gasteiger partial charge in [0.15, 0.2) is 0 Å². The number of hydrogen-bond acceptors (Lipinski definition) is 2. The highest BCUT2D eigenvalue weighted by atomic mass is 16.2. The van der Waals surface area contributed by atoms with Crippen molar-refractivity contribution >= 4 is 17.1 Å².